The zero-order valence-electron chi connectivity index (χ0n) is 16.9. The second-order valence-electron chi connectivity index (χ2n) is 8.16. The number of amides is 1. The number of hydrogen-bond donors (Lipinski definition) is 2. The highest BCUT2D eigenvalue weighted by Gasteiger charge is 2.27. The van der Waals surface area contributed by atoms with E-state index in [9.17, 15) is 10.1 Å². The summed E-state index contributed by atoms with van der Waals surface area (Å²) in [5.41, 5.74) is 12.4. The van der Waals surface area contributed by atoms with E-state index in [-0.39, 0.29) is 17.9 Å². The van der Waals surface area contributed by atoms with E-state index >= 15 is 0 Å². The van der Waals surface area contributed by atoms with Gasteiger partial charge in [0.2, 0.25) is 5.91 Å². The van der Waals surface area contributed by atoms with E-state index in [1.807, 2.05) is 50.2 Å². The molecule has 2 aromatic carbocycles. The molecule has 0 spiro atoms. The van der Waals surface area contributed by atoms with Gasteiger partial charge in [-0.15, -0.1) is 0 Å². The first kappa shape index (κ1) is 19.1. The molecule has 0 fully saturated rings. The van der Waals surface area contributed by atoms with Crippen LogP contribution in [0.15, 0.2) is 42.5 Å². The quantitative estimate of drug-likeness (QED) is 0.670. The molecule has 0 bridgehead atoms. The summed E-state index contributed by atoms with van der Waals surface area (Å²) < 4.78 is 2.33. The van der Waals surface area contributed by atoms with Crippen molar-refractivity contribution >= 4 is 22.5 Å². The summed E-state index contributed by atoms with van der Waals surface area (Å²) in [7, 11) is 0. The van der Waals surface area contributed by atoms with Crippen LogP contribution in [0.2, 0.25) is 0 Å². The number of rotatable bonds is 4. The Morgan fingerprint density at radius 1 is 1.31 bits per heavy atom. The predicted octanol–water partition coefficient (Wildman–Crippen LogP) is 3.77. The zero-order chi connectivity index (χ0) is 20.5. The van der Waals surface area contributed by atoms with Gasteiger partial charge in [0.05, 0.1) is 11.6 Å². The molecule has 0 aliphatic heterocycles. The average molecular weight is 386 g/mol. The predicted molar refractivity (Wildman–Crippen MR) is 115 cm³/mol. The molecule has 0 saturated heterocycles. The normalized spacial score (nSPS) is 15.9. The summed E-state index contributed by atoms with van der Waals surface area (Å²) in [6.45, 7) is 4.53. The van der Waals surface area contributed by atoms with Crippen molar-refractivity contribution in [2.45, 2.75) is 45.7 Å². The summed E-state index contributed by atoms with van der Waals surface area (Å²) in [5.74, 6) is 0.0703. The highest BCUT2D eigenvalue weighted by molar-refractivity contribution is 5.87. The average Bonchev–Trinajstić information content (AvgIpc) is 3.02. The fourth-order valence-electron chi connectivity index (χ4n) is 4.24. The van der Waals surface area contributed by atoms with Gasteiger partial charge < -0.3 is 15.6 Å². The number of carbonyl (C=O) groups excluding carboxylic acids is 1. The maximum Gasteiger partial charge on any atom is 0.222 e. The van der Waals surface area contributed by atoms with Gasteiger partial charge in [0.15, 0.2) is 0 Å². The number of benzene rings is 2. The molecule has 0 unspecified atom stereocenters. The molecule has 1 aromatic heterocycles. The molecule has 0 radical (unpaired) electrons. The minimum atomic E-state index is -0.0241. The second kappa shape index (κ2) is 7.63. The topological polar surface area (TPSA) is 83.8 Å². The molecule has 1 aliphatic carbocycles. The maximum absolute atomic E-state index is 12.2. The molecule has 1 amide bonds. The standard InChI is InChI=1S/C24H26N4O/c1-15(2)24(29)27-18-8-10-23-20(12-18)19-11-16(13-25)7-9-22(19)28(23)14-17-5-3-4-6-21(17)26/h3-7,9,11,15,18H,8,10,12,14,26H2,1-2H3,(H,27,29)/t18-/m0/s1. The van der Waals surface area contributed by atoms with Gasteiger partial charge in [-0.1, -0.05) is 32.0 Å². The number of fused-ring (bicyclic) bond motifs is 3. The Morgan fingerprint density at radius 2 is 2.10 bits per heavy atom. The molecule has 29 heavy (non-hydrogen) atoms. The van der Waals surface area contributed by atoms with Gasteiger partial charge in [-0.05, 0) is 54.7 Å². The van der Waals surface area contributed by atoms with Crippen molar-refractivity contribution in [3.05, 3.63) is 64.8 Å². The molecular formula is C24H26N4O. The van der Waals surface area contributed by atoms with E-state index < -0.39 is 0 Å². The highest BCUT2D eigenvalue weighted by Crippen LogP contribution is 2.34. The van der Waals surface area contributed by atoms with Crippen molar-refractivity contribution in [1.82, 2.24) is 9.88 Å². The molecule has 5 heteroatoms. The second-order valence-corrected chi connectivity index (χ2v) is 8.16. The Kier molecular flexibility index (Phi) is 5.02. The number of nitrogens with one attached hydrogen (secondary N) is 1. The highest BCUT2D eigenvalue weighted by atomic mass is 16.1. The van der Waals surface area contributed by atoms with E-state index in [0.29, 0.717) is 12.1 Å². The van der Waals surface area contributed by atoms with Crippen LogP contribution in [0.3, 0.4) is 0 Å². The first-order valence-electron chi connectivity index (χ1n) is 10.2. The first-order valence-corrected chi connectivity index (χ1v) is 10.2. The van der Waals surface area contributed by atoms with Crippen molar-refractivity contribution in [2.75, 3.05) is 5.73 Å². The van der Waals surface area contributed by atoms with Crippen molar-refractivity contribution in [3.63, 3.8) is 0 Å². The van der Waals surface area contributed by atoms with E-state index in [1.165, 1.54) is 11.3 Å². The lowest BCUT2D eigenvalue weighted by Crippen LogP contribution is -2.41. The van der Waals surface area contributed by atoms with Gasteiger partial charge in [0, 0.05) is 40.8 Å². The monoisotopic (exact) mass is 386 g/mol. The van der Waals surface area contributed by atoms with Crippen LogP contribution in [-0.4, -0.2) is 16.5 Å². The minimum absolute atomic E-state index is 0.0241. The lowest BCUT2D eigenvalue weighted by molar-refractivity contribution is -0.124. The lowest BCUT2D eigenvalue weighted by atomic mass is 9.90. The van der Waals surface area contributed by atoms with E-state index in [0.717, 1.165) is 41.4 Å². The van der Waals surface area contributed by atoms with Gasteiger partial charge in [0.1, 0.15) is 0 Å². The van der Waals surface area contributed by atoms with E-state index in [2.05, 4.69) is 22.0 Å². The molecule has 1 aliphatic rings. The number of nitrogens with two attached hydrogens (primary N) is 1. The number of carbonyl (C=O) groups is 1. The number of aromatic nitrogens is 1. The van der Waals surface area contributed by atoms with Crippen LogP contribution in [0.4, 0.5) is 5.69 Å². The van der Waals surface area contributed by atoms with Crippen molar-refractivity contribution in [2.24, 2.45) is 5.92 Å². The van der Waals surface area contributed by atoms with Gasteiger partial charge in [0.25, 0.3) is 0 Å². The SMILES string of the molecule is CC(C)C(=O)N[C@H]1CCc2c(c3cc(C#N)ccc3n2Cc2ccccc2N)C1. The number of anilines is 1. The van der Waals surface area contributed by atoms with Gasteiger partial charge >= 0.3 is 0 Å². The number of nitrogens with zero attached hydrogens (tertiary/aromatic N) is 2. The number of para-hydroxylation sites is 1. The lowest BCUT2D eigenvalue weighted by Gasteiger charge is -2.26. The van der Waals surface area contributed by atoms with E-state index in [1.54, 1.807) is 0 Å². The molecule has 3 N–H and O–H groups in total. The molecule has 148 valence electrons. The summed E-state index contributed by atoms with van der Waals surface area (Å²) in [5, 5.41) is 13.7. The molecule has 4 rings (SSSR count). The third kappa shape index (κ3) is 3.58. The zero-order valence-corrected chi connectivity index (χ0v) is 16.9. The van der Waals surface area contributed by atoms with Gasteiger partial charge in [-0.3, -0.25) is 4.79 Å². The number of hydrogen-bond acceptors (Lipinski definition) is 3. The van der Waals surface area contributed by atoms with Crippen molar-refractivity contribution < 1.29 is 4.79 Å². The Labute approximate surface area is 171 Å². The Bertz CT molecular complexity index is 1120. The molecular weight excluding hydrogens is 360 g/mol. The fourth-order valence-corrected chi connectivity index (χ4v) is 4.24. The molecule has 3 aromatic rings. The molecule has 1 heterocycles. The van der Waals surface area contributed by atoms with Gasteiger partial charge in [-0.25, -0.2) is 0 Å². The van der Waals surface area contributed by atoms with Crippen LogP contribution in [-0.2, 0) is 24.2 Å². The third-order valence-corrected chi connectivity index (χ3v) is 5.85. The van der Waals surface area contributed by atoms with E-state index in [4.69, 9.17) is 5.73 Å². The maximum atomic E-state index is 12.2. The minimum Gasteiger partial charge on any atom is -0.398 e. The van der Waals surface area contributed by atoms with Crippen LogP contribution in [0.1, 0.15) is 42.7 Å². The molecule has 5 nitrogen and oxygen atoms in total. The largest absolute Gasteiger partial charge is 0.398 e. The first-order chi connectivity index (χ1) is 14.0. The Hall–Kier alpha value is -3.26. The Balaban J connectivity index is 1.77. The van der Waals surface area contributed by atoms with Crippen LogP contribution < -0.4 is 11.1 Å². The summed E-state index contributed by atoms with van der Waals surface area (Å²) in [6.07, 6.45) is 2.59. The Morgan fingerprint density at radius 3 is 2.83 bits per heavy atom. The van der Waals surface area contributed by atoms with Crippen LogP contribution >= 0.6 is 0 Å². The molecule has 1 atom stereocenters. The number of nitrogen functional groups attached to an aromatic ring is 1. The summed E-state index contributed by atoms with van der Waals surface area (Å²) in [6, 6.07) is 16.2. The summed E-state index contributed by atoms with van der Waals surface area (Å²) in [4.78, 5) is 12.2. The van der Waals surface area contributed by atoms with Crippen LogP contribution in [0, 0.1) is 17.2 Å². The smallest absolute Gasteiger partial charge is 0.222 e. The fraction of sp³-hybridized carbons (Fsp3) is 0.333. The third-order valence-electron chi connectivity index (χ3n) is 5.85. The summed E-state index contributed by atoms with van der Waals surface area (Å²) >= 11 is 0. The van der Waals surface area contributed by atoms with Crippen LogP contribution in [0.5, 0.6) is 0 Å². The van der Waals surface area contributed by atoms with Gasteiger partial charge in [-0.2, -0.15) is 5.26 Å². The van der Waals surface area contributed by atoms with Crippen LogP contribution in [0.25, 0.3) is 10.9 Å². The van der Waals surface area contributed by atoms with Crippen molar-refractivity contribution in [1.29, 1.82) is 5.26 Å². The number of nitriles is 1. The van der Waals surface area contributed by atoms with Crippen molar-refractivity contribution in [3.8, 4) is 6.07 Å². The molecule has 0 saturated carbocycles.